The third-order valence-corrected chi connectivity index (χ3v) is 5.47. The number of benzene rings is 1. The molecular formula is C21H31N5O3. The molecule has 3 rings (SSSR count). The summed E-state index contributed by atoms with van der Waals surface area (Å²) in [4.78, 5) is 6.53. The number of hydrogen-bond acceptors (Lipinski definition) is 6. The van der Waals surface area contributed by atoms with Crippen molar-refractivity contribution in [1.29, 1.82) is 10.8 Å². The maximum atomic E-state index is 8.70. The highest BCUT2D eigenvalue weighted by Crippen LogP contribution is 2.28. The van der Waals surface area contributed by atoms with Crippen molar-refractivity contribution >= 4 is 23.6 Å². The summed E-state index contributed by atoms with van der Waals surface area (Å²) in [5.41, 5.74) is 7.81. The first kappa shape index (κ1) is 21.3. The van der Waals surface area contributed by atoms with E-state index in [2.05, 4.69) is 9.89 Å². The molecule has 2 aliphatic rings. The number of aliphatic imine (C=N–C) groups is 1. The highest BCUT2D eigenvalue weighted by molar-refractivity contribution is 6.06. The van der Waals surface area contributed by atoms with Gasteiger partial charge in [0.15, 0.2) is 0 Å². The Kier molecular flexibility index (Phi) is 7.22. The number of nitrogen functional groups attached to an aromatic ring is 1. The lowest BCUT2D eigenvalue weighted by atomic mass is 9.93. The molecule has 0 radical (unpaired) electrons. The molecule has 2 saturated heterocycles. The first-order chi connectivity index (χ1) is 14.0. The van der Waals surface area contributed by atoms with Crippen LogP contribution in [0.3, 0.4) is 0 Å². The lowest BCUT2D eigenvalue weighted by Gasteiger charge is -2.35. The molecule has 0 spiro atoms. The molecular weight excluding hydrogens is 370 g/mol. The maximum absolute atomic E-state index is 8.70. The summed E-state index contributed by atoms with van der Waals surface area (Å²) in [6, 6.07) is 5.38. The SMILES string of the molecule is COCCOc1ccc(N)c(C(=N)C(C)CC(=NC=N)N2CC3CCC(C2)O3)c1. The predicted octanol–water partition coefficient (Wildman–Crippen LogP) is 2.56. The minimum absolute atomic E-state index is 0.106. The van der Waals surface area contributed by atoms with Crippen LogP contribution in [0.1, 0.15) is 31.7 Å². The molecule has 2 heterocycles. The molecule has 0 amide bonds. The number of morpholine rings is 1. The number of nitrogens with zero attached hydrogens (tertiary/aromatic N) is 2. The average molecular weight is 402 g/mol. The van der Waals surface area contributed by atoms with Gasteiger partial charge in [-0.1, -0.05) is 6.92 Å². The van der Waals surface area contributed by atoms with Crippen molar-refractivity contribution < 1.29 is 14.2 Å². The van der Waals surface area contributed by atoms with Gasteiger partial charge >= 0.3 is 0 Å². The molecule has 0 aromatic heterocycles. The fourth-order valence-electron chi connectivity index (χ4n) is 3.91. The van der Waals surface area contributed by atoms with E-state index in [0.717, 1.165) is 38.1 Å². The largest absolute Gasteiger partial charge is 0.491 e. The fourth-order valence-corrected chi connectivity index (χ4v) is 3.91. The van der Waals surface area contributed by atoms with Crippen LogP contribution >= 0.6 is 0 Å². The summed E-state index contributed by atoms with van der Waals surface area (Å²) in [5, 5.41) is 16.2. The number of likely N-dealkylation sites (tertiary alicyclic amines) is 1. The monoisotopic (exact) mass is 401 g/mol. The van der Waals surface area contributed by atoms with E-state index in [9.17, 15) is 0 Å². The Morgan fingerprint density at radius 3 is 2.72 bits per heavy atom. The van der Waals surface area contributed by atoms with Gasteiger partial charge in [0.05, 0.1) is 18.8 Å². The zero-order chi connectivity index (χ0) is 20.8. The topological polar surface area (TPSA) is 117 Å². The zero-order valence-corrected chi connectivity index (χ0v) is 17.2. The van der Waals surface area contributed by atoms with Crippen LogP contribution in [0.5, 0.6) is 5.75 Å². The van der Waals surface area contributed by atoms with Gasteiger partial charge in [-0.05, 0) is 31.0 Å². The van der Waals surface area contributed by atoms with E-state index < -0.39 is 0 Å². The molecule has 3 unspecified atom stereocenters. The Hall–Kier alpha value is -2.45. The van der Waals surface area contributed by atoms with Gasteiger partial charge in [-0.15, -0.1) is 0 Å². The molecule has 3 atom stereocenters. The molecule has 29 heavy (non-hydrogen) atoms. The van der Waals surface area contributed by atoms with Gasteiger partial charge in [0.1, 0.15) is 24.5 Å². The number of anilines is 1. The Bertz CT molecular complexity index is 755. The Morgan fingerprint density at radius 2 is 2.07 bits per heavy atom. The Morgan fingerprint density at radius 1 is 1.34 bits per heavy atom. The lowest BCUT2D eigenvalue weighted by Crippen LogP contribution is -2.46. The van der Waals surface area contributed by atoms with Crippen LogP contribution in [0, 0.1) is 16.7 Å². The van der Waals surface area contributed by atoms with E-state index in [1.165, 1.54) is 0 Å². The highest BCUT2D eigenvalue weighted by Gasteiger charge is 2.35. The maximum Gasteiger partial charge on any atom is 0.120 e. The number of methoxy groups -OCH3 is 1. The summed E-state index contributed by atoms with van der Waals surface area (Å²) in [7, 11) is 1.63. The molecule has 0 aliphatic carbocycles. The van der Waals surface area contributed by atoms with Gasteiger partial charge in [-0.3, -0.25) is 5.41 Å². The van der Waals surface area contributed by atoms with Crippen molar-refractivity contribution in [1.82, 2.24) is 4.90 Å². The van der Waals surface area contributed by atoms with E-state index in [0.29, 0.717) is 42.3 Å². The first-order valence-corrected chi connectivity index (χ1v) is 10.1. The number of amidine groups is 1. The van der Waals surface area contributed by atoms with Crippen molar-refractivity contribution in [2.24, 2.45) is 10.9 Å². The highest BCUT2D eigenvalue weighted by atomic mass is 16.5. The van der Waals surface area contributed by atoms with Crippen LogP contribution in [-0.2, 0) is 9.47 Å². The van der Waals surface area contributed by atoms with Crippen molar-refractivity contribution in [2.75, 3.05) is 39.1 Å². The molecule has 1 aromatic rings. The summed E-state index contributed by atoms with van der Waals surface area (Å²) in [6.07, 6.45) is 4.31. The average Bonchev–Trinajstić information content (AvgIpc) is 3.06. The molecule has 158 valence electrons. The van der Waals surface area contributed by atoms with Crippen LogP contribution in [-0.4, -0.2) is 68.4 Å². The van der Waals surface area contributed by atoms with Crippen LogP contribution in [0.25, 0.3) is 0 Å². The van der Waals surface area contributed by atoms with Gasteiger partial charge in [-0.2, -0.15) is 0 Å². The number of nitrogens with two attached hydrogens (primary N) is 1. The number of hydrogen-bond donors (Lipinski definition) is 3. The number of rotatable bonds is 9. The van der Waals surface area contributed by atoms with Gasteiger partial charge in [-0.25, -0.2) is 4.99 Å². The van der Waals surface area contributed by atoms with E-state index in [1.54, 1.807) is 19.2 Å². The minimum atomic E-state index is -0.106. The van der Waals surface area contributed by atoms with E-state index >= 15 is 0 Å². The summed E-state index contributed by atoms with van der Waals surface area (Å²) in [5.74, 6) is 1.40. The van der Waals surface area contributed by atoms with Gasteiger partial charge < -0.3 is 30.3 Å². The van der Waals surface area contributed by atoms with Crippen LogP contribution in [0.4, 0.5) is 5.69 Å². The molecule has 8 heteroatoms. The Balaban J connectivity index is 1.69. The van der Waals surface area contributed by atoms with E-state index in [4.69, 9.17) is 30.8 Å². The molecule has 8 nitrogen and oxygen atoms in total. The third kappa shape index (κ3) is 5.33. The molecule has 2 bridgehead atoms. The number of fused-ring (bicyclic) bond motifs is 2. The van der Waals surface area contributed by atoms with E-state index in [-0.39, 0.29) is 18.1 Å². The normalized spacial score (nSPS) is 22.4. The second-order valence-corrected chi connectivity index (χ2v) is 7.65. The van der Waals surface area contributed by atoms with Gasteiger partial charge in [0.2, 0.25) is 0 Å². The fraction of sp³-hybridized carbons (Fsp3) is 0.571. The van der Waals surface area contributed by atoms with Crippen LogP contribution < -0.4 is 10.5 Å². The lowest BCUT2D eigenvalue weighted by molar-refractivity contribution is -0.0163. The second kappa shape index (κ2) is 9.84. The molecule has 2 fully saturated rings. The van der Waals surface area contributed by atoms with Crippen molar-refractivity contribution in [3.05, 3.63) is 23.8 Å². The van der Waals surface area contributed by atoms with Crippen molar-refractivity contribution in [3.63, 3.8) is 0 Å². The first-order valence-electron chi connectivity index (χ1n) is 10.1. The minimum Gasteiger partial charge on any atom is -0.491 e. The number of nitrogens with one attached hydrogen (secondary N) is 2. The second-order valence-electron chi connectivity index (χ2n) is 7.65. The Labute approximate surface area is 172 Å². The number of ether oxygens (including phenoxy) is 3. The van der Waals surface area contributed by atoms with Crippen molar-refractivity contribution in [3.8, 4) is 5.75 Å². The molecule has 4 N–H and O–H groups in total. The standard InChI is InChI=1S/C21H31N5O3/c1-14(9-20(25-13-22)26-11-16-3-4-17(12-26)29-16)21(24)18-10-15(5-6-19(18)23)28-8-7-27-2/h5-6,10,13-14,16-17,22,24H,3-4,7-9,11-12,23H2,1-2H3. The zero-order valence-electron chi connectivity index (χ0n) is 17.2. The van der Waals surface area contributed by atoms with Crippen molar-refractivity contribution in [2.45, 2.75) is 38.4 Å². The molecule has 2 aliphatic heterocycles. The smallest absolute Gasteiger partial charge is 0.120 e. The van der Waals surface area contributed by atoms with Gasteiger partial charge in [0.25, 0.3) is 0 Å². The third-order valence-electron chi connectivity index (χ3n) is 5.47. The molecule has 1 aromatic carbocycles. The van der Waals surface area contributed by atoms with Gasteiger partial charge in [0, 0.05) is 49.5 Å². The quantitative estimate of drug-likeness (QED) is 0.254. The van der Waals surface area contributed by atoms with Crippen LogP contribution in [0.15, 0.2) is 23.2 Å². The predicted molar refractivity (Wildman–Crippen MR) is 115 cm³/mol. The summed E-state index contributed by atoms with van der Waals surface area (Å²) in [6.45, 7) is 4.54. The molecule has 0 saturated carbocycles. The van der Waals surface area contributed by atoms with Crippen LogP contribution in [0.2, 0.25) is 0 Å². The summed E-state index contributed by atoms with van der Waals surface area (Å²) < 4.78 is 16.6. The summed E-state index contributed by atoms with van der Waals surface area (Å²) >= 11 is 0. The van der Waals surface area contributed by atoms with E-state index in [1.807, 2.05) is 13.0 Å².